The lowest BCUT2D eigenvalue weighted by atomic mass is 9.95. The van der Waals surface area contributed by atoms with Crippen LogP contribution >= 0.6 is 0 Å². The van der Waals surface area contributed by atoms with Crippen LogP contribution in [0.1, 0.15) is 45.5 Å². The van der Waals surface area contributed by atoms with Crippen molar-refractivity contribution in [1.82, 2.24) is 9.97 Å². The molecule has 2 unspecified atom stereocenters. The van der Waals surface area contributed by atoms with Crippen molar-refractivity contribution in [3.63, 3.8) is 0 Å². The summed E-state index contributed by atoms with van der Waals surface area (Å²) in [6.07, 6.45) is 1.35. The molecule has 0 aliphatic heterocycles. The SMILES string of the molecule is CNc1nc(C(C)(C)C)nc(N(C)CC2CC2C)c1C. The summed E-state index contributed by atoms with van der Waals surface area (Å²) in [5, 5.41) is 3.20. The summed E-state index contributed by atoms with van der Waals surface area (Å²) in [5.74, 6) is 4.60. The van der Waals surface area contributed by atoms with Crippen molar-refractivity contribution in [2.24, 2.45) is 11.8 Å². The minimum atomic E-state index is -0.0399. The Balaban J connectivity index is 2.34. The molecule has 112 valence electrons. The van der Waals surface area contributed by atoms with E-state index >= 15 is 0 Å². The molecule has 0 spiro atoms. The van der Waals surface area contributed by atoms with Crippen molar-refractivity contribution < 1.29 is 0 Å². The van der Waals surface area contributed by atoms with E-state index in [-0.39, 0.29) is 5.41 Å². The van der Waals surface area contributed by atoms with Crippen LogP contribution in [-0.2, 0) is 5.41 Å². The first-order valence-corrected chi connectivity index (χ1v) is 7.52. The van der Waals surface area contributed by atoms with Gasteiger partial charge in [-0.05, 0) is 25.2 Å². The maximum absolute atomic E-state index is 4.83. The summed E-state index contributed by atoms with van der Waals surface area (Å²) in [7, 11) is 4.07. The van der Waals surface area contributed by atoms with Crippen molar-refractivity contribution in [1.29, 1.82) is 0 Å². The van der Waals surface area contributed by atoms with Crippen LogP contribution in [0.4, 0.5) is 11.6 Å². The van der Waals surface area contributed by atoms with Gasteiger partial charge in [-0.1, -0.05) is 27.7 Å². The fraction of sp³-hybridized carbons (Fsp3) is 0.750. The third-order valence-corrected chi connectivity index (χ3v) is 4.17. The lowest BCUT2D eigenvalue weighted by Crippen LogP contribution is -2.26. The second-order valence-corrected chi connectivity index (χ2v) is 7.20. The fourth-order valence-corrected chi connectivity index (χ4v) is 2.55. The van der Waals surface area contributed by atoms with E-state index in [1.54, 1.807) is 0 Å². The van der Waals surface area contributed by atoms with Gasteiger partial charge in [0.15, 0.2) is 0 Å². The van der Waals surface area contributed by atoms with E-state index in [0.29, 0.717) is 0 Å². The summed E-state index contributed by atoms with van der Waals surface area (Å²) in [6, 6.07) is 0. The predicted octanol–water partition coefficient (Wildman–Crippen LogP) is 3.22. The summed E-state index contributed by atoms with van der Waals surface area (Å²) >= 11 is 0. The maximum atomic E-state index is 4.83. The molecule has 0 radical (unpaired) electrons. The van der Waals surface area contributed by atoms with Crippen molar-refractivity contribution in [3.05, 3.63) is 11.4 Å². The van der Waals surface area contributed by atoms with Crippen LogP contribution in [0, 0.1) is 18.8 Å². The molecule has 1 aliphatic rings. The number of hydrogen-bond donors (Lipinski definition) is 1. The summed E-state index contributed by atoms with van der Waals surface area (Å²) in [5.41, 5.74) is 1.10. The zero-order valence-corrected chi connectivity index (χ0v) is 13.9. The molecular formula is C16H28N4. The highest BCUT2D eigenvalue weighted by Gasteiger charge is 2.34. The van der Waals surface area contributed by atoms with E-state index < -0.39 is 0 Å². The lowest BCUT2D eigenvalue weighted by molar-refractivity contribution is 0.544. The van der Waals surface area contributed by atoms with Gasteiger partial charge in [-0.2, -0.15) is 0 Å². The summed E-state index contributed by atoms with van der Waals surface area (Å²) in [4.78, 5) is 11.8. The Morgan fingerprint density at radius 1 is 1.30 bits per heavy atom. The average Bonchev–Trinajstić information content (AvgIpc) is 3.03. The molecule has 2 atom stereocenters. The molecule has 1 N–H and O–H groups in total. The van der Waals surface area contributed by atoms with Crippen LogP contribution in [0.2, 0.25) is 0 Å². The van der Waals surface area contributed by atoms with Gasteiger partial charge in [0.2, 0.25) is 0 Å². The molecule has 1 saturated carbocycles. The first-order chi connectivity index (χ1) is 9.24. The molecule has 4 heteroatoms. The van der Waals surface area contributed by atoms with E-state index in [0.717, 1.165) is 41.4 Å². The molecule has 0 aromatic carbocycles. The van der Waals surface area contributed by atoms with Gasteiger partial charge < -0.3 is 10.2 Å². The van der Waals surface area contributed by atoms with Gasteiger partial charge in [0.05, 0.1) is 0 Å². The van der Waals surface area contributed by atoms with Crippen molar-refractivity contribution in [2.45, 2.75) is 46.5 Å². The highest BCUT2D eigenvalue weighted by molar-refractivity contribution is 5.58. The van der Waals surface area contributed by atoms with Gasteiger partial charge in [-0.25, -0.2) is 9.97 Å². The third kappa shape index (κ3) is 3.05. The standard InChI is InChI=1S/C16H28N4/c1-10-8-12(10)9-20(7)14-11(2)13(17-6)18-15(19-14)16(3,4)5/h10,12H,8-9H2,1-7H3,(H,17,18,19). The van der Waals surface area contributed by atoms with Crippen LogP contribution in [0.5, 0.6) is 0 Å². The molecule has 1 aliphatic carbocycles. The fourth-order valence-electron chi connectivity index (χ4n) is 2.55. The van der Waals surface area contributed by atoms with Crippen molar-refractivity contribution in [2.75, 3.05) is 30.9 Å². The van der Waals surface area contributed by atoms with Crippen LogP contribution < -0.4 is 10.2 Å². The molecule has 0 amide bonds. The molecule has 1 aromatic heterocycles. The van der Waals surface area contributed by atoms with Gasteiger partial charge in [0.1, 0.15) is 17.5 Å². The molecular weight excluding hydrogens is 248 g/mol. The summed E-state index contributed by atoms with van der Waals surface area (Å²) in [6.45, 7) is 12.0. The Labute approximate surface area is 123 Å². The number of nitrogens with one attached hydrogen (secondary N) is 1. The highest BCUT2D eigenvalue weighted by atomic mass is 15.2. The van der Waals surface area contributed by atoms with Crippen molar-refractivity contribution in [3.8, 4) is 0 Å². The Hall–Kier alpha value is -1.32. The molecule has 2 rings (SSSR count). The second kappa shape index (κ2) is 5.23. The Bertz CT molecular complexity index is 490. The largest absolute Gasteiger partial charge is 0.373 e. The Morgan fingerprint density at radius 3 is 2.35 bits per heavy atom. The van der Waals surface area contributed by atoms with Gasteiger partial charge in [-0.15, -0.1) is 0 Å². The minimum absolute atomic E-state index is 0.0399. The monoisotopic (exact) mass is 276 g/mol. The van der Waals surface area contributed by atoms with Crippen LogP contribution in [0.15, 0.2) is 0 Å². The quantitative estimate of drug-likeness (QED) is 0.917. The van der Waals surface area contributed by atoms with E-state index in [1.807, 2.05) is 7.05 Å². The molecule has 0 saturated heterocycles. The van der Waals surface area contributed by atoms with Gasteiger partial charge >= 0.3 is 0 Å². The number of anilines is 2. The first kappa shape index (κ1) is 15.1. The average molecular weight is 276 g/mol. The topological polar surface area (TPSA) is 41.1 Å². The maximum Gasteiger partial charge on any atom is 0.138 e. The Kier molecular flexibility index (Phi) is 3.94. The van der Waals surface area contributed by atoms with E-state index in [4.69, 9.17) is 4.98 Å². The van der Waals surface area contributed by atoms with E-state index in [9.17, 15) is 0 Å². The second-order valence-electron chi connectivity index (χ2n) is 7.20. The lowest BCUT2D eigenvalue weighted by Gasteiger charge is -2.25. The third-order valence-electron chi connectivity index (χ3n) is 4.17. The van der Waals surface area contributed by atoms with Gasteiger partial charge in [0, 0.05) is 31.6 Å². The molecule has 4 nitrogen and oxygen atoms in total. The predicted molar refractivity (Wildman–Crippen MR) is 85.6 cm³/mol. The molecule has 1 heterocycles. The summed E-state index contributed by atoms with van der Waals surface area (Å²) < 4.78 is 0. The smallest absolute Gasteiger partial charge is 0.138 e. The van der Waals surface area contributed by atoms with E-state index in [2.05, 4.69) is 56.9 Å². The molecule has 1 fully saturated rings. The van der Waals surface area contributed by atoms with Crippen LogP contribution in [-0.4, -0.2) is 30.6 Å². The normalized spacial score (nSPS) is 21.8. The Morgan fingerprint density at radius 2 is 1.90 bits per heavy atom. The first-order valence-electron chi connectivity index (χ1n) is 7.52. The molecule has 0 bridgehead atoms. The van der Waals surface area contributed by atoms with Gasteiger partial charge in [0.25, 0.3) is 0 Å². The van der Waals surface area contributed by atoms with Crippen LogP contribution in [0.3, 0.4) is 0 Å². The number of nitrogens with zero attached hydrogens (tertiary/aromatic N) is 3. The molecule has 1 aromatic rings. The van der Waals surface area contributed by atoms with Crippen molar-refractivity contribution >= 4 is 11.6 Å². The van der Waals surface area contributed by atoms with E-state index in [1.165, 1.54) is 6.42 Å². The highest BCUT2D eigenvalue weighted by Crippen LogP contribution is 2.39. The zero-order valence-electron chi connectivity index (χ0n) is 13.9. The van der Waals surface area contributed by atoms with Crippen LogP contribution in [0.25, 0.3) is 0 Å². The minimum Gasteiger partial charge on any atom is -0.373 e. The number of hydrogen-bond acceptors (Lipinski definition) is 4. The number of aromatic nitrogens is 2. The zero-order chi connectivity index (χ0) is 15.1. The number of rotatable bonds is 4. The molecule has 20 heavy (non-hydrogen) atoms. The van der Waals surface area contributed by atoms with Gasteiger partial charge in [-0.3, -0.25) is 0 Å².